The van der Waals surface area contributed by atoms with Crippen LogP contribution in [0.1, 0.15) is 21.9 Å². The van der Waals surface area contributed by atoms with Gasteiger partial charge in [0.2, 0.25) is 0 Å². The van der Waals surface area contributed by atoms with Crippen molar-refractivity contribution >= 4 is 34.7 Å². The second-order valence-electron chi connectivity index (χ2n) is 5.39. The summed E-state index contributed by atoms with van der Waals surface area (Å²) < 4.78 is 0. The third kappa shape index (κ3) is 2.52. The fraction of sp³-hybridized carbons (Fsp3) is 0.0526. The highest BCUT2D eigenvalue weighted by Gasteiger charge is 2.29. The second-order valence-corrected chi connectivity index (χ2v) is 6.93. The lowest BCUT2D eigenvalue weighted by atomic mass is 9.96. The molecule has 24 heavy (non-hydrogen) atoms. The largest absolute Gasteiger partial charge is 0.354 e. The number of nitrogens with zero attached hydrogens (tertiary/aromatic N) is 2. The van der Waals surface area contributed by atoms with Gasteiger partial charge in [-0.15, -0.1) is 11.8 Å². The number of benzene rings is 2. The van der Waals surface area contributed by atoms with Crippen molar-refractivity contribution in [3.8, 4) is 6.07 Å². The zero-order chi connectivity index (χ0) is 16.5. The van der Waals surface area contributed by atoms with Crippen LogP contribution >= 0.6 is 23.4 Å². The first-order chi connectivity index (χ1) is 11.8. The molecule has 0 unspecified atom stereocenters. The summed E-state index contributed by atoms with van der Waals surface area (Å²) in [6.07, 6.45) is 1.77. The lowest BCUT2D eigenvalue weighted by Crippen LogP contribution is -2.13. The van der Waals surface area contributed by atoms with Crippen molar-refractivity contribution in [2.24, 2.45) is 0 Å². The number of para-hydroxylation sites is 1. The molecule has 3 aromatic rings. The van der Waals surface area contributed by atoms with E-state index in [-0.39, 0.29) is 10.4 Å². The zero-order valence-electron chi connectivity index (χ0n) is 12.5. The monoisotopic (exact) mass is 349 g/mol. The first-order valence-electron chi connectivity index (χ1n) is 7.44. The average molecular weight is 350 g/mol. The van der Waals surface area contributed by atoms with E-state index in [4.69, 9.17) is 11.6 Å². The molecule has 2 heterocycles. The first kappa shape index (κ1) is 15.1. The van der Waals surface area contributed by atoms with Gasteiger partial charge in [-0.1, -0.05) is 48.0 Å². The van der Waals surface area contributed by atoms with Crippen molar-refractivity contribution in [3.63, 3.8) is 0 Å². The highest BCUT2D eigenvalue weighted by molar-refractivity contribution is 7.99. The van der Waals surface area contributed by atoms with Gasteiger partial charge >= 0.3 is 0 Å². The maximum Gasteiger partial charge on any atom is 0.148 e. The summed E-state index contributed by atoms with van der Waals surface area (Å²) in [5, 5.41) is 13.1. The summed E-state index contributed by atoms with van der Waals surface area (Å²) in [5.74, 6) is 0. The molecular weight excluding hydrogens is 338 g/mol. The Bertz CT molecular complexity index is 951. The Kier molecular flexibility index (Phi) is 3.89. The summed E-state index contributed by atoms with van der Waals surface area (Å²) in [7, 11) is 0. The number of hydrogen-bond acceptors (Lipinski definition) is 4. The Morgan fingerprint density at radius 1 is 1.04 bits per heavy atom. The molecule has 1 N–H and O–H groups in total. The van der Waals surface area contributed by atoms with Crippen LogP contribution in [0.2, 0.25) is 5.15 Å². The van der Waals surface area contributed by atoms with Crippen LogP contribution in [0.4, 0.5) is 11.4 Å². The van der Waals surface area contributed by atoms with E-state index >= 15 is 0 Å². The molecule has 0 fully saturated rings. The van der Waals surface area contributed by atoms with Gasteiger partial charge in [0.1, 0.15) is 16.8 Å². The third-order valence-electron chi connectivity index (χ3n) is 3.96. The number of aromatic nitrogens is 1. The number of hydrogen-bond donors (Lipinski definition) is 1. The van der Waals surface area contributed by atoms with Gasteiger partial charge in [0.15, 0.2) is 0 Å². The van der Waals surface area contributed by atoms with E-state index in [9.17, 15) is 5.26 Å². The smallest absolute Gasteiger partial charge is 0.148 e. The molecule has 1 atom stereocenters. The molecule has 0 amide bonds. The van der Waals surface area contributed by atoms with Crippen molar-refractivity contribution in [3.05, 3.63) is 82.6 Å². The second kappa shape index (κ2) is 6.20. The van der Waals surface area contributed by atoms with Gasteiger partial charge in [0.25, 0.3) is 0 Å². The van der Waals surface area contributed by atoms with E-state index in [0.717, 1.165) is 16.9 Å². The van der Waals surface area contributed by atoms with Crippen LogP contribution in [-0.2, 0) is 0 Å². The molecule has 1 aromatic heterocycles. The normalized spacial score (nSPS) is 14.9. The minimum atomic E-state index is 0.0525. The Labute approximate surface area is 149 Å². The Hall–Kier alpha value is -2.48. The Morgan fingerprint density at radius 2 is 1.79 bits per heavy atom. The SMILES string of the molecule is N#Cc1c(Cl)ncc2c1Nc1ccccc1[C@H]2Sc1ccccc1. The number of anilines is 2. The van der Waals surface area contributed by atoms with Gasteiger partial charge < -0.3 is 5.32 Å². The van der Waals surface area contributed by atoms with Crippen LogP contribution in [0.25, 0.3) is 0 Å². The lowest BCUT2D eigenvalue weighted by Gasteiger charge is -2.29. The molecular formula is C19H12ClN3S. The predicted octanol–water partition coefficient (Wildman–Crippen LogP) is 5.55. The molecule has 0 radical (unpaired) electrons. The van der Waals surface area contributed by atoms with Gasteiger partial charge in [0.05, 0.1) is 10.9 Å². The average Bonchev–Trinajstić information content (AvgIpc) is 2.62. The quantitative estimate of drug-likeness (QED) is 0.616. The topological polar surface area (TPSA) is 48.7 Å². The summed E-state index contributed by atoms with van der Waals surface area (Å²) >= 11 is 7.86. The molecule has 2 aromatic carbocycles. The maximum absolute atomic E-state index is 9.48. The molecule has 0 saturated heterocycles. The summed E-state index contributed by atoms with van der Waals surface area (Å²) in [5.41, 5.74) is 4.29. The molecule has 0 saturated carbocycles. The number of nitrogens with one attached hydrogen (secondary N) is 1. The Balaban J connectivity index is 1.89. The van der Waals surface area contributed by atoms with Crippen molar-refractivity contribution in [1.82, 2.24) is 4.98 Å². The molecule has 0 aliphatic carbocycles. The van der Waals surface area contributed by atoms with Gasteiger partial charge in [-0.2, -0.15) is 5.26 Å². The summed E-state index contributed by atoms with van der Waals surface area (Å²) in [6.45, 7) is 0. The van der Waals surface area contributed by atoms with E-state index in [0.29, 0.717) is 5.56 Å². The minimum Gasteiger partial charge on any atom is -0.354 e. The van der Waals surface area contributed by atoms with E-state index < -0.39 is 0 Å². The highest BCUT2D eigenvalue weighted by Crippen LogP contribution is 2.50. The van der Waals surface area contributed by atoms with Crippen LogP contribution in [-0.4, -0.2) is 4.98 Å². The first-order valence-corrected chi connectivity index (χ1v) is 8.70. The fourth-order valence-electron chi connectivity index (χ4n) is 2.84. The summed E-state index contributed by atoms with van der Waals surface area (Å²) in [6, 6.07) is 20.5. The number of halogens is 1. The maximum atomic E-state index is 9.48. The van der Waals surface area contributed by atoms with Crippen LogP contribution in [0.3, 0.4) is 0 Å². The van der Waals surface area contributed by atoms with E-state index in [1.807, 2.05) is 36.4 Å². The van der Waals surface area contributed by atoms with Crippen molar-refractivity contribution in [2.45, 2.75) is 10.1 Å². The molecule has 5 heteroatoms. The van der Waals surface area contributed by atoms with Crippen LogP contribution in [0.15, 0.2) is 65.7 Å². The molecule has 116 valence electrons. The third-order valence-corrected chi connectivity index (χ3v) is 5.53. The Morgan fingerprint density at radius 3 is 2.58 bits per heavy atom. The van der Waals surface area contributed by atoms with E-state index in [2.05, 4.69) is 34.6 Å². The molecule has 4 rings (SSSR count). The van der Waals surface area contributed by atoms with Gasteiger partial charge in [-0.25, -0.2) is 4.98 Å². The highest BCUT2D eigenvalue weighted by atomic mass is 35.5. The van der Waals surface area contributed by atoms with E-state index in [1.165, 1.54) is 10.5 Å². The van der Waals surface area contributed by atoms with Gasteiger partial charge in [-0.05, 0) is 23.8 Å². The van der Waals surface area contributed by atoms with Crippen molar-refractivity contribution < 1.29 is 0 Å². The standard InChI is InChI=1S/C19H12ClN3S/c20-19-14(10-21)17-15(11-22-19)18(24-12-6-2-1-3-7-12)13-8-4-5-9-16(13)23-17/h1-9,11,18,23H/t18-/m1/s1. The van der Waals surface area contributed by atoms with Crippen LogP contribution in [0.5, 0.6) is 0 Å². The fourth-order valence-corrected chi connectivity index (χ4v) is 4.25. The van der Waals surface area contributed by atoms with Gasteiger partial charge in [0, 0.05) is 22.3 Å². The molecule has 0 spiro atoms. The number of fused-ring (bicyclic) bond motifs is 2. The molecule has 1 aliphatic rings. The lowest BCUT2D eigenvalue weighted by molar-refractivity contribution is 1.08. The molecule has 0 bridgehead atoms. The van der Waals surface area contributed by atoms with Crippen LogP contribution < -0.4 is 5.32 Å². The van der Waals surface area contributed by atoms with Crippen molar-refractivity contribution in [1.29, 1.82) is 5.26 Å². The number of nitriles is 1. The number of thioether (sulfide) groups is 1. The minimum absolute atomic E-state index is 0.0525. The molecule has 1 aliphatic heterocycles. The molecule has 3 nitrogen and oxygen atoms in total. The van der Waals surface area contributed by atoms with Crippen molar-refractivity contribution in [2.75, 3.05) is 5.32 Å². The zero-order valence-corrected chi connectivity index (χ0v) is 14.1. The number of pyridine rings is 1. The van der Waals surface area contributed by atoms with E-state index in [1.54, 1.807) is 18.0 Å². The number of rotatable bonds is 2. The summed E-state index contributed by atoms with van der Waals surface area (Å²) in [4.78, 5) is 5.38. The van der Waals surface area contributed by atoms with Gasteiger partial charge in [-0.3, -0.25) is 0 Å². The predicted molar refractivity (Wildman–Crippen MR) is 97.8 cm³/mol. The van der Waals surface area contributed by atoms with Crippen LogP contribution in [0, 0.1) is 11.3 Å².